The molecule has 4 N–H and O–H groups in total. The van der Waals surface area contributed by atoms with Crippen molar-refractivity contribution >= 4 is 23.4 Å². The lowest BCUT2D eigenvalue weighted by molar-refractivity contribution is -0.117. The first-order valence-electron chi connectivity index (χ1n) is 5.59. The Kier molecular flexibility index (Phi) is 3.12. The van der Waals surface area contributed by atoms with Gasteiger partial charge in [0.05, 0.1) is 17.2 Å². The number of nitrogens with one attached hydrogen (secondary N) is 2. The lowest BCUT2D eigenvalue weighted by atomic mass is 10.1. The Labute approximate surface area is 104 Å². The summed E-state index contributed by atoms with van der Waals surface area (Å²) in [6.07, 6.45) is 0.524. The SMILES string of the molecule is CC[C@H](N)C(=O)Nc1ccc2c(c1)C(=O)NC2=O. The topological polar surface area (TPSA) is 101 Å². The average Bonchev–Trinajstić information content (AvgIpc) is 2.63. The van der Waals surface area contributed by atoms with Crippen LogP contribution < -0.4 is 16.4 Å². The molecule has 3 amide bonds. The normalized spacial score (nSPS) is 15.0. The van der Waals surface area contributed by atoms with Crippen LogP contribution in [0.4, 0.5) is 5.69 Å². The molecular formula is C12H13N3O3. The van der Waals surface area contributed by atoms with E-state index in [9.17, 15) is 14.4 Å². The van der Waals surface area contributed by atoms with E-state index in [2.05, 4.69) is 10.6 Å². The van der Waals surface area contributed by atoms with Gasteiger partial charge in [-0.15, -0.1) is 0 Å². The van der Waals surface area contributed by atoms with Crippen molar-refractivity contribution in [1.82, 2.24) is 5.32 Å². The Morgan fingerprint density at radius 3 is 2.67 bits per heavy atom. The van der Waals surface area contributed by atoms with Gasteiger partial charge >= 0.3 is 0 Å². The van der Waals surface area contributed by atoms with E-state index in [-0.39, 0.29) is 11.5 Å². The van der Waals surface area contributed by atoms with E-state index >= 15 is 0 Å². The molecule has 1 aromatic carbocycles. The van der Waals surface area contributed by atoms with Gasteiger partial charge in [-0.1, -0.05) is 6.92 Å². The molecule has 0 saturated carbocycles. The fraction of sp³-hybridized carbons (Fsp3) is 0.250. The van der Waals surface area contributed by atoms with E-state index in [0.29, 0.717) is 17.7 Å². The summed E-state index contributed by atoms with van der Waals surface area (Å²) in [7, 11) is 0. The zero-order valence-electron chi connectivity index (χ0n) is 9.82. The minimum Gasteiger partial charge on any atom is -0.325 e. The van der Waals surface area contributed by atoms with E-state index in [4.69, 9.17) is 5.73 Å². The Morgan fingerprint density at radius 1 is 1.33 bits per heavy atom. The molecule has 0 aromatic heterocycles. The van der Waals surface area contributed by atoms with Crippen molar-refractivity contribution in [3.63, 3.8) is 0 Å². The molecule has 1 aliphatic rings. The summed E-state index contributed by atoms with van der Waals surface area (Å²) in [6.45, 7) is 1.80. The first-order valence-corrected chi connectivity index (χ1v) is 5.59. The highest BCUT2D eigenvalue weighted by atomic mass is 16.2. The molecule has 2 rings (SSSR count). The number of nitrogens with two attached hydrogens (primary N) is 1. The summed E-state index contributed by atoms with van der Waals surface area (Å²) in [5.74, 6) is -1.19. The summed E-state index contributed by atoms with van der Waals surface area (Å²) >= 11 is 0. The Morgan fingerprint density at radius 2 is 2.00 bits per heavy atom. The molecule has 1 heterocycles. The molecule has 0 radical (unpaired) electrons. The summed E-state index contributed by atoms with van der Waals surface area (Å²) in [5, 5.41) is 4.78. The fourth-order valence-corrected chi connectivity index (χ4v) is 1.67. The van der Waals surface area contributed by atoms with Gasteiger partial charge in [0.1, 0.15) is 0 Å². The second-order valence-electron chi connectivity index (χ2n) is 4.05. The fourth-order valence-electron chi connectivity index (χ4n) is 1.67. The van der Waals surface area contributed by atoms with Crippen LogP contribution in [0.25, 0.3) is 0 Å². The number of hydrogen-bond acceptors (Lipinski definition) is 4. The predicted molar refractivity (Wildman–Crippen MR) is 65.1 cm³/mol. The summed E-state index contributed by atoms with van der Waals surface area (Å²) < 4.78 is 0. The van der Waals surface area contributed by atoms with Gasteiger partial charge in [0, 0.05) is 5.69 Å². The molecule has 0 fully saturated rings. The monoisotopic (exact) mass is 247 g/mol. The number of fused-ring (bicyclic) bond motifs is 1. The van der Waals surface area contributed by atoms with Crippen LogP contribution in [0.3, 0.4) is 0 Å². The predicted octanol–water partition coefficient (Wildman–Crippen LogP) is 0.246. The molecule has 1 aromatic rings. The molecular weight excluding hydrogens is 234 g/mol. The van der Waals surface area contributed by atoms with Gasteiger partial charge in [-0.05, 0) is 24.6 Å². The summed E-state index contributed by atoms with van der Waals surface area (Å²) in [4.78, 5) is 34.3. The summed E-state index contributed by atoms with van der Waals surface area (Å²) in [6, 6.07) is 3.95. The molecule has 6 nitrogen and oxygen atoms in total. The van der Waals surface area contributed by atoms with Gasteiger partial charge in [0.25, 0.3) is 11.8 Å². The van der Waals surface area contributed by atoms with Crippen LogP contribution >= 0.6 is 0 Å². The second-order valence-corrected chi connectivity index (χ2v) is 4.05. The van der Waals surface area contributed by atoms with Crippen LogP contribution in [-0.2, 0) is 4.79 Å². The largest absolute Gasteiger partial charge is 0.325 e. The average molecular weight is 247 g/mol. The van der Waals surface area contributed by atoms with Gasteiger partial charge < -0.3 is 11.1 Å². The van der Waals surface area contributed by atoms with Gasteiger partial charge in [-0.25, -0.2) is 0 Å². The van der Waals surface area contributed by atoms with Gasteiger partial charge in [0.15, 0.2) is 0 Å². The maximum absolute atomic E-state index is 11.6. The van der Waals surface area contributed by atoms with Gasteiger partial charge in [-0.3, -0.25) is 19.7 Å². The number of benzene rings is 1. The van der Waals surface area contributed by atoms with Crippen molar-refractivity contribution in [2.45, 2.75) is 19.4 Å². The van der Waals surface area contributed by atoms with Crippen LogP contribution in [0.1, 0.15) is 34.1 Å². The number of carbonyl (C=O) groups excluding carboxylic acids is 3. The minimum atomic E-state index is -0.589. The van der Waals surface area contributed by atoms with Crippen molar-refractivity contribution in [3.05, 3.63) is 29.3 Å². The molecule has 0 spiro atoms. The van der Waals surface area contributed by atoms with Crippen LogP contribution in [0.15, 0.2) is 18.2 Å². The Balaban J connectivity index is 2.23. The van der Waals surface area contributed by atoms with Crippen LogP contribution in [0.2, 0.25) is 0 Å². The van der Waals surface area contributed by atoms with Crippen molar-refractivity contribution in [3.8, 4) is 0 Å². The van der Waals surface area contributed by atoms with Crippen molar-refractivity contribution in [2.24, 2.45) is 5.73 Å². The first-order chi connectivity index (χ1) is 8.52. The maximum Gasteiger partial charge on any atom is 0.259 e. The number of rotatable bonds is 3. The highest BCUT2D eigenvalue weighted by molar-refractivity contribution is 6.22. The van der Waals surface area contributed by atoms with Crippen LogP contribution in [0, 0.1) is 0 Å². The number of carbonyl (C=O) groups is 3. The second kappa shape index (κ2) is 4.58. The van der Waals surface area contributed by atoms with E-state index in [1.54, 1.807) is 13.0 Å². The van der Waals surface area contributed by atoms with E-state index in [1.807, 2.05) is 0 Å². The van der Waals surface area contributed by atoms with Crippen LogP contribution in [0.5, 0.6) is 0 Å². The quantitative estimate of drug-likeness (QED) is 0.666. The van der Waals surface area contributed by atoms with Crippen molar-refractivity contribution in [1.29, 1.82) is 0 Å². The zero-order valence-corrected chi connectivity index (χ0v) is 9.82. The summed E-state index contributed by atoms with van der Waals surface area (Å²) in [5.41, 5.74) is 6.62. The van der Waals surface area contributed by atoms with E-state index in [0.717, 1.165) is 0 Å². The smallest absolute Gasteiger partial charge is 0.259 e. The van der Waals surface area contributed by atoms with Crippen molar-refractivity contribution in [2.75, 3.05) is 5.32 Å². The molecule has 18 heavy (non-hydrogen) atoms. The van der Waals surface area contributed by atoms with Gasteiger partial charge in [0.2, 0.25) is 5.91 Å². The highest BCUT2D eigenvalue weighted by Crippen LogP contribution is 2.20. The molecule has 94 valence electrons. The molecule has 1 atom stereocenters. The molecule has 0 unspecified atom stereocenters. The van der Waals surface area contributed by atoms with Gasteiger partial charge in [-0.2, -0.15) is 0 Å². The zero-order chi connectivity index (χ0) is 13.3. The lowest BCUT2D eigenvalue weighted by Gasteiger charge is -2.10. The van der Waals surface area contributed by atoms with E-state index < -0.39 is 17.9 Å². The number of imide groups is 1. The van der Waals surface area contributed by atoms with Crippen LogP contribution in [-0.4, -0.2) is 23.8 Å². The lowest BCUT2D eigenvalue weighted by Crippen LogP contribution is -2.34. The molecule has 0 aliphatic carbocycles. The number of hydrogen-bond donors (Lipinski definition) is 3. The number of amides is 3. The molecule has 1 aliphatic heterocycles. The molecule has 0 saturated heterocycles. The third kappa shape index (κ3) is 2.10. The first kappa shape index (κ1) is 12.3. The Hall–Kier alpha value is -2.21. The third-order valence-electron chi connectivity index (χ3n) is 2.78. The molecule has 0 bridgehead atoms. The minimum absolute atomic E-state index is 0.267. The highest BCUT2D eigenvalue weighted by Gasteiger charge is 2.26. The van der Waals surface area contributed by atoms with E-state index in [1.165, 1.54) is 12.1 Å². The maximum atomic E-state index is 11.6. The number of anilines is 1. The molecule has 6 heteroatoms. The Bertz CT molecular complexity index is 539. The third-order valence-corrected chi connectivity index (χ3v) is 2.78. The van der Waals surface area contributed by atoms with Crippen molar-refractivity contribution < 1.29 is 14.4 Å². The standard InChI is InChI=1S/C12H13N3O3/c1-2-9(13)12(18)14-6-3-4-7-8(5-6)11(17)15-10(7)16/h3-5,9H,2,13H2,1H3,(H,14,18)(H,15,16,17)/t9-/m0/s1.